The molecule has 3 aromatic rings. The number of imidazole rings is 1. The third-order valence-corrected chi connectivity index (χ3v) is 3.85. The number of hydrogen-bond donors (Lipinski definition) is 1. The van der Waals surface area contributed by atoms with Crippen LogP contribution in [0.3, 0.4) is 0 Å². The van der Waals surface area contributed by atoms with Crippen LogP contribution in [0, 0.1) is 0 Å². The zero-order valence-electron chi connectivity index (χ0n) is 10.6. The molecular weight excluding hydrogens is 324 g/mol. The molecule has 0 fully saturated rings. The molecule has 0 atom stereocenters. The summed E-state index contributed by atoms with van der Waals surface area (Å²) in [6.45, 7) is 0.358. The standard InChI is InChI=1S/C13H11BrN4O2/c1-17-9-10(15-12(17)14)18(13(20)16-11(9)19)7-8-5-3-2-4-6-8/h2-6H,7H2,1H3,(H,16,19,20). The van der Waals surface area contributed by atoms with Crippen LogP contribution in [0.1, 0.15) is 5.56 Å². The van der Waals surface area contributed by atoms with Crippen LogP contribution in [0.2, 0.25) is 0 Å². The summed E-state index contributed by atoms with van der Waals surface area (Å²) in [5.74, 6) is 0. The van der Waals surface area contributed by atoms with E-state index >= 15 is 0 Å². The zero-order chi connectivity index (χ0) is 14.3. The molecule has 1 N–H and O–H groups in total. The fourth-order valence-electron chi connectivity index (χ4n) is 2.13. The third kappa shape index (κ3) is 2.00. The second-order valence-corrected chi connectivity index (χ2v) is 5.15. The van der Waals surface area contributed by atoms with Crippen LogP contribution in [0.4, 0.5) is 0 Å². The van der Waals surface area contributed by atoms with Crippen molar-refractivity contribution in [2.75, 3.05) is 0 Å². The van der Waals surface area contributed by atoms with Gasteiger partial charge < -0.3 is 4.57 Å². The molecule has 1 aromatic carbocycles. The van der Waals surface area contributed by atoms with Crippen molar-refractivity contribution in [3.63, 3.8) is 0 Å². The Bertz CT molecular complexity index is 892. The summed E-state index contributed by atoms with van der Waals surface area (Å²) < 4.78 is 3.57. The van der Waals surface area contributed by atoms with E-state index in [1.807, 2.05) is 30.3 Å². The summed E-state index contributed by atoms with van der Waals surface area (Å²) in [4.78, 5) is 30.5. The van der Waals surface area contributed by atoms with Crippen LogP contribution in [-0.2, 0) is 13.6 Å². The Labute approximate surface area is 121 Å². The number of aromatic nitrogens is 4. The highest BCUT2D eigenvalue weighted by Gasteiger charge is 2.15. The maximum absolute atomic E-state index is 12.0. The number of halogens is 1. The molecule has 7 heteroatoms. The van der Waals surface area contributed by atoms with Crippen LogP contribution >= 0.6 is 15.9 Å². The van der Waals surface area contributed by atoms with Gasteiger partial charge in [-0.15, -0.1) is 0 Å². The highest BCUT2D eigenvalue weighted by molar-refractivity contribution is 9.10. The molecule has 20 heavy (non-hydrogen) atoms. The number of aryl methyl sites for hydroxylation is 1. The van der Waals surface area contributed by atoms with E-state index in [0.29, 0.717) is 22.4 Å². The summed E-state index contributed by atoms with van der Waals surface area (Å²) in [6, 6.07) is 9.55. The number of rotatable bonds is 2. The van der Waals surface area contributed by atoms with E-state index in [4.69, 9.17) is 0 Å². The van der Waals surface area contributed by atoms with Crippen LogP contribution in [0.25, 0.3) is 11.2 Å². The highest BCUT2D eigenvalue weighted by atomic mass is 79.9. The van der Waals surface area contributed by atoms with Crippen LogP contribution in [-0.4, -0.2) is 19.1 Å². The number of nitrogens with zero attached hydrogens (tertiary/aromatic N) is 3. The van der Waals surface area contributed by atoms with E-state index in [1.165, 1.54) is 4.57 Å². The van der Waals surface area contributed by atoms with Crippen LogP contribution in [0.15, 0.2) is 44.7 Å². The topological polar surface area (TPSA) is 72.7 Å². The molecule has 0 amide bonds. The first-order chi connectivity index (χ1) is 9.58. The minimum atomic E-state index is -0.461. The number of aromatic amines is 1. The minimum absolute atomic E-state index is 0.358. The van der Waals surface area contributed by atoms with E-state index < -0.39 is 11.2 Å². The van der Waals surface area contributed by atoms with Crippen LogP contribution < -0.4 is 11.2 Å². The molecule has 0 unspecified atom stereocenters. The van der Waals surface area contributed by atoms with Gasteiger partial charge in [0.25, 0.3) is 5.56 Å². The van der Waals surface area contributed by atoms with Crippen molar-refractivity contribution in [3.8, 4) is 0 Å². The smallest absolute Gasteiger partial charge is 0.316 e. The molecule has 102 valence electrons. The summed E-state index contributed by atoms with van der Waals surface area (Å²) in [6.07, 6.45) is 0. The number of H-pyrrole nitrogens is 1. The summed E-state index contributed by atoms with van der Waals surface area (Å²) in [5, 5.41) is 0. The minimum Gasteiger partial charge on any atom is -0.316 e. The molecule has 0 saturated heterocycles. The molecular formula is C13H11BrN4O2. The number of benzene rings is 1. The van der Waals surface area contributed by atoms with Gasteiger partial charge in [-0.1, -0.05) is 30.3 Å². The molecule has 0 aliphatic heterocycles. The summed E-state index contributed by atoms with van der Waals surface area (Å²) in [5.41, 5.74) is 0.807. The Hall–Kier alpha value is -2.15. The van der Waals surface area contributed by atoms with Gasteiger partial charge in [0.05, 0.1) is 6.54 Å². The SMILES string of the molecule is Cn1c(Br)nc2c1c(=O)[nH]c(=O)n2Cc1ccccc1. The first-order valence-electron chi connectivity index (χ1n) is 5.97. The lowest BCUT2D eigenvalue weighted by molar-refractivity contribution is 0.747. The summed E-state index contributed by atoms with van der Waals surface area (Å²) >= 11 is 3.27. The lowest BCUT2D eigenvalue weighted by atomic mass is 10.2. The second-order valence-electron chi connectivity index (χ2n) is 4.44. The maximum atomic E-state index is 12.0. The number of hydrogen-bond acceptors (Lipinski definition) is 3. The summed E-state index contributed by atoms with van der Waals surface area (Å²) in [7, 11) is 1.71. The van der Waals surface area contributed by atoms with Crippen molar-refractivity contribution >= 4 is 27.1 Å². The molecule has 0 spiro atoms. The maximum Gasteiger partial charge on any atom is 0.330 e. The monoisotopic (exact) mass is 334 g/mol. The second kappa shape index (κ2) is 4.75. The average molecular weight is 335 g/mol. The Kier molecular flexibility index (Phi) is 3.06. The molecule has 6 nitrogen and oxygen atoms in total. The predicted molar refractivity (Wildman–Crippen MR) is 78.8 cm³/mol. The fraction of sp³-hybridized carbons (Fsp3) is 0.154. The molecule has 0 radical (unpaired) electrons. The third-order valence-electron chi connectivity index (χ3n) is 3.14. The Morgan fingerprint density at radius 2 is 1.95 bits per heavy atom. The van der Waals surface area contributed by atoms with Crippen molar-refractivity contribution < 1.29 is 0 Å². The van der Waals surface area contributed by atoms with E-state index in [0.717, 1.165) is 5.56 Å². The molecule has 3 rings (SSSR count). The van der Waals surface area contributed by atoms with Gasteiger partial charge >= 0.3 is 5.69 Å². The Morgan fingerprint density at radius 3 is 2.65 bits per heavy atom. The van der Waals surface area contributed by atoms with Gasteiger partial charge in [0.2, 0.25) is 0 Å². The van der Waals surface area contributed by atoms with Gasteiger partial charge in [-0.25, -0.2) is 9.78 Å². The highest BCUT2D eigenvalue weighted by Crippen LogP contribution is 2.14. The molecule has 0 aliphatic carbocycles. The first kappa shape index (κ1) is 12.9. The molecule has 2 heterocycles. The normalized spacial score (nSPS) is 11.1. The molecule has 2 aromatic heterocycles. The Morgan fingerprint density at radius 1 is 1.25 bits per heavy atom. The largest absolute Gasteiger partial charge is 0.330 e. The fourth-order valence-corrected chi connectivity index (χ4v) is 2.48. The quantitative estimate of drug-likeness (QED) is 0.716. The molecule has 0 saturated carbocycles. The van der Waals surface area contributed by atoms with E-state index in [2.05, 4.69) is 25.9 Å². The van der Waals surface area contributed by atoms with Crippen molar-refractivity contribution in [3.05, 3.63) is 61.5 Å². The van der Waals surface area contributed by atoms with E-state index in [9.17, 15) is 9.59 Å². The van der Waals surface area contributed by atoms with Gasteiger partial charge in [-0.05, 0) is 21.5 Å². The van der Waals surface area contributed by atoms with Gasteiger partial charge in [0.15, 0.2) is 15.9 Å². The Balaban J connectivity index is 2.28. The molecule has 0 aliphatic rings. The van der Waals surface area contributed by atoms with Crippen molar-refractivity contribution in [2.24, 2.45) is 7.05 Å². The van der Waals surface area contributed by atoms with Crippen molar-refractivity contribution in [2.45, 2.75) is 6.54 Å². The number of nitrogens with one attached hydrogen (secondary N) is 1. The average Bonchev–Trinajstić information content (AvgIpc) is 2.72. The van der Waals surface area contributed by atoms with Gasteiger partial charge in [0, 0.05) is 7.05 Å². The van der Waals surface area contributed by atoms with Gasteiger partial charge in [-0.3, -0.25) is 14.3 Å². The predicted octanol–water partition coefficient (Wildman–Crippen LogP) is 1.23. The zero-order valence-corrected chi connectivity index (χ0v) is 12.2. The lowest BCUT2D eigenvalue weighted by Crippen LogP contribution is -2.31. The van der Waals surface area contributed by atoms with Crippen molar-refractivity contribution in [1.29, 1.82) is 0 Å². The number of fused-ring (bicyclic) bond motifs is 1. The van der Waals surface area contributed by atoms with Gasteiger partial charge in [-0.2, -0.15) is 0 Å². The van der Waals surface area contributed by atoms with E-state index in [-0.39, 0.29) is 0 Å². The van der Waals surface area contributed by atoms with Crippen molar-refractivity contribution in [1.82, 2.24) is 19.1 Å². The van der Waals surface area contributed by atoms with Gasteiger partial charge in [0.1, 0.15) is 0 Å². The lowest BCUT2D eigenvalue weighted by Gasteiger charge is -2.06. The molecule has 0 bridgehead atoms. The van der Waals surface area contributed by atoms with Crippen LogP contribution in [0.5, 0.6) is 0 Å². The first-order valence-corrected chi connectivity index (χ1v) is 6.76. The van der Waals surface area contributed by atoms with E-state index in [1.54, 1.807) is 11.6 Å².